The molecule has 1 aromatic rings. The number of likely N-dealkylation sites (tertiary alicyclic amines) is 1. The Kier molecular flexibility index (Phi) is 5.22. The molecule has 2 fully saturated rings. The van der Waals surface area contributed by atoms with Crippen LogP contribution < -0.4 is 5.32 Å². The average molecular weight is 366 g/mol. The van der Waals surface area contributed by atoms with Gasteiger partial charge in [-0.1, -0.05) is 30.9 Å². The number of non-ortho nitro benzene ring substituents is 1. The summed E-state index contributed by atoms with van der Waals surface area (Å²) in [5.74, 6) is -0.662. The molecule has 1 N–H and O–H groups in total. The molecule has 1 saturated carbocycles. The van der Waals surface area contributed by atoms with E-state index in [0.29, 0.717) is 12.2 Å². The van der Waals surface area contributed by atoms with Crippen molar-refractivity contribution in [3.63, 3.8) is 0 Å². The first-order chi connectivity index (χ1) is 12.0. The SMILES string of the molecule is O=C(Nc1ccc([N+](=O)[O-])cc1Cl)C1CC(=O)N(C2CCCCC2)C1. The van der Waals surface area contributed by atoms with E-state index in [1.54, 1.807) is 0 Å². The molecule has 1 aromatic carbocycles. The largest absolute Gasteiger partial charge is 0.339 e. The highest BCUT2D eigenvalue weighted by atomic mass is 35.5. The highest BCUT2D eigenvalue weighted by Gasteiger charge is 2.38. The van der Waals surface area contributed by atoms with Crippen molar-refractivity contribution in [2.45, 2.75) is 44.6 Å². The number of nitro benzene ring substituents is 1. The van der Waals surface area contributed by atoms with Gasteiger partial charge in [0.2, 0.25) is 11.8 Å². The van der Waals surface area contributed by atoms with Crippen LogP contribution in [0, 0.1) is 16.0 Å². The third-order valence-electron chi connectivity index (χ3n) is 4.97. The highest BCUT2D eigenvalue weighted by molar-refractivity contribution is 6.34. The molecule has 1 aliphatic heterocycles. The van der Waals surface area contributed by atoms with E-state index in [4.69, 9.17) is 11.6 Å². The van der Waals surface area contributed by atoms with E-state index in [1.165, 1.54) is 24.6 Å². The van der Waals surface area contributed by atoms with Gasteiger partial charge in [-0.05, 0) is 18.9 Å². The van der Waals surface area contributed by atoms with Gasteiger partial charge in [-0.2, -0.15) is 0 Å². The number of anilines is 1. The summed E-state index contributed by atoms with van der Waals surface area (Å²) in [6, 6.07) is 4.15. The molecule has 2 amide bonds. The summed E-state index contributed by atoms with van der Waals surface area (Å²) in [5.41, 5.74) is 0.184. The third kappa shape index (κ3) is 3.92. The maximum atomic E-state index is 12.5. The van der Waals surface area contributed by atoms with Gasteiger partial charge in [0, 0.05) is 31.1 Å². The minimum atomic E-state index is -0.546. The van der Waals surface area contributed by atoms with Gasteiger partial charge >= 0.3 is 0 Å². The summed E-state index contributed by atoms with van der Waals surface area (Å²) >= 11 is 6.01. The van der Waals surface area contributed by atoms with Crippen LogP contribution in [0.15, 0.2) is 18.2 Å². The molecule has 25 heavy (non-hydrogen) atoms. The van der Waals surface area contributed by atoms with Crippen LogP contribution in [-0.2, 0) is 9.59 Å². The summed E-state index contributed by atoms with van der Waals surface area (Å²) in [4.78, 5) is 36.8. The van der Waals surface area contributed by atoms with Crippen molar-refractivity contribution in [1.82, 2.24) is 4.90 Å². The molecule has 0 spiro atoms. The van der Waals surface area contributed by atoms with Crippen molar-refractivity contribution in [1.29, 1.82) is 0 Å². The summed E-state index contributed by atoms with van der Waals surface area (Å²) < 4.78 is 0. The Morgan fingerprint density at radius 3 is 2.64 bits per heavy atom. The molecule has 1 atom stereocenters. The fraction of sp³-hybridized carbons (Fsp3) is 0.529. The second kappa shape index (κ2) is 7.39. The van der Waals surface area contributed by atoms with Crippen LogP contribution in [0.25, 0.3) is 0 Å². The van der Waals surface area contributed by atoms with Crippen LogP contribution in [0.3, 0.4) is 0 Å². The van der Waals surface area contributed by atoms with Crippen LogP contribution in [0.5, 0.6) is 0 Å². The first-order valence-electron chi connectivity index (χ1n) is 8.50. The zero-order valence-corrected chi connectivity index (χ0v) is 14.5. The lowest BCUT2D eigenvalue weighted by atomic mass is 9.94. The first-order valence-corrected chi connectivity index (χ1v) is 8.88. The summed E-state index contributed by atoms with van der Waals surface area (Å²) in [7, 11) is 0. The van der Waals surface area contributed by atoms with Crippen LogP contribution in [0.2, 0.25) is 5.02 Å². The summed E-state index contributed by atoms with van der Waals surface area (Å²) in [6.07, 6.45) is 5.68. The Balaban J connectivity index is 1.64. The van der Waals surface area contributed by atoms with Crippen molar-refractivity contribution in [2.24, 2.45) is 5.92 Å². The second-order valence-electron chi connectivity index (χ2n) is 6.65. The highest BCUT2D eigenvalue weighted by Crippen LogP contribution is 2.31. The zero-order chi connectivity index (χ0) is 18.0. The number of rotatable bonds is 4. The molecule has 0 aromatic heterocycles. The maximum Gasteiger partial charge on any atom is 0.271 e. The van der Waals surface area contributed by atoms with Crippen LogP contribution >= 0.6 is 11.6 Å². The van der Waals surface area contributed by atoms with Gasteiger partial charge in [0.25, 0.3) is 5.69 Å². The summed E-state index contributed by atoms with van der Waals surface area (Å²) in [6.45, 7) is 0.430. The Hall–Kier alpha value is -2.15. The van der Waals surface area contributed by atoms with E-state index in [1.807, 2.05) is 4.90 Å². The van der Waals surface area contributed by atoms with Crippen molar-refractivity contribution in [3.8, 4) is 0 Å². The number of hydrogen-bond acceptors (Lipinski definition) is 4. The Bertz CT molecular complexity index is 703. The predicted octanol–water partition coefficient (Wildman–Crippen LogP) is 3.37. The topological polar surface area (TPSA) is 92.5 Å². The molecular weight excluding hydrogens is 346 g/mol. The third-order valence-corrected chi connectivity index (χ3v) is 5.28. The number of carbonyl (C=O) groups excluding carboxylic acids is 2. The Morgan fingerprint density at radius 1 is 1.28 bits per heavy atom. The molecule has 1 saturated heterocycles. The monoisotopic (exact) mass is 365 g/mol. The number of benzene rings is 1. The summed E-state index contributed by atoms with van der Waals surface area (Å²) in [5, 5.41) is 13.5. The van der Waals surface area contributed by atoms with Gasteiger partial charge in [0.05, 0.1) is 21.6 Å². The smallest absolute Gasteiger partial charge is 0.271 e. The number of nitro groups is 1. The standard InChI is InChI=1S/C17H20ClN3O4/c18-14-9-13(21(24)25)6-7-15(14)19-17(23)11-8-16(22)20(10-11)12-4-2-1-3-5-12/h6-7,9,11-12H,1-5,8,10H2,(H,19,23). The quantitative estimate of drug-likeness (QED) is 0.654. The maximum absolute atomic E-state index is 12.5. The second-order valence-corrected chi connectivity index (χ2v) is 7.06. The zero-order valence-electron chi connectivity index (χ0n) is 13.7. The number of nitrogens with zero attached hydrogens (tertiary/aromatic N) is 2. The number of amides is 2. The van der Waals surface area contributed by atoms with Gasteiger partial charge in [0.15, 0.2) is 0 Å². The number of nitrogens with one attached hydrogen (secondary N) is 1. The van der Waals surface area contributed by atoms with Gasteiger partial charge in [-0.15, -0.1) is 0 Å². The molecule has 3 rings (SSSR count). The van der Waals surface area contributed by atoms with Gasteiger partial charge < -0.3 is 10.2 Å². The van der Waals surface area contributed by atoms with E-state index in [9.17, 15) is 19.7 Å². The molecule has 1 unspecified atom stereocenters. The molecule has 1 aliphatic carbocycles. The van der Waals surface area contributed by atoms with E-state index < -0.39 is 10.8 Å². The van der Waals surface area contributed by atoms with Gasteiger partial charge in [-0.3, -0.25) is 19.7 Å². The molecule has 7 nitrogen and oxygen atoms in total. The van der Waals surface area contributed by atoms with Crippen molar-refractivity contribution >= 4 is 34.8 Å². The van der Waals surface area contributed by atoms with Crippen LogP contribution in [0.4, 0.5) is 11.4 Å². The molecule has 1 heterocycles. The lowest BCUT2D eigenvalue weighted by Crippen LogP contribution is -2.38. The van der Waals surface area contributed by atoms with Gasteiger partial charge in [0.1, 0.15) is 0 Å². The molecule has 0 radical (unpaired) electrons. The van der Waals surface area contributed by atoms with Crippen molar-refractivity contribution in [3.05, 3.63) is 33.3 Å². The van der Waals surface area contributed by atoms with Crippen LogP contribution in [0.1, 0.15) is 38.5 Å². The van der Waals surface area contributed by atoms with Crippen LogP contribution in [-0.4, -0.2) is 34.2 Å². The average Bonchev–Trinajstić information content (AvgIpc) is 2.99. The minimum absolute atomic E-state index is 0.0295. The van der Waals surface area contributed by atoms with Crippen molar-refractivity contribution in [2.75, 3.05) is 11.9 Å². The van der Waals surface area contributed by atoms with E-state index in [2.05, 4.69) is 5.32 Å². The number of hydrogen-bond donors (Lipinski definition) is 1. The van der Waals surface area contributed by atoms with E-state index in [-0.39, 0.29) is 35.0 Å². The lowest BCUT2D eigenvalue weighted by Gasteiger charge is -2.31. The molecular formula is C17H20ClN3O4. The lowest BCUT2D eigenvalue weighted by molar-refractivity contribution is -0.384. The minimum Gasteiger partial charge on any atom is -0.339 e. The Morgan fingerprint density at radius 2 is 2.00 bits per heavy atom. The first kappa shape index (κ1) is 17.7. The fourth-order valence-corrected chi connectivity index (χ4v) is 3.83. The molecule has 134 valence electrons. The van der Waals surface area contributed by atoms with Gasteiger partial charge in [-0.25, -0.2) is 0 Å². The number of carbonyl (C=O) groups is 2. The fourth-order valence-electron chi connectivity index (χ4n) is 3.61. The number of halogens is 1. The van der Waals surface area contributed by atoms with E-state index in [0.717, 1.165) is 25.7 Å². The van der Waals surface area contributed by atoms with Crippen molar-refractivity contribution < 1.29 is 14.5 Å². The molecule has 2 aliphatic rings. The predicted molar refractivity (Wildman–Crippen MR) is 93.4 cm³/mol. The Labute approximate surface area is 150 Å². The molecule has 8 heteroatoms. The molecule has 0 bridgehead atoms. The van der Waals surface area contributed by atoms with E-state index >= 15 is 0 Å². The normalized spacial score (nSPS) is 21.4.